The fraction of sp³-hybridized carbons (Fsp3) is 0.773. The number of carbonyl (C=O) groups excluding carboxylic acids is 1. The van der Waals surface area contributed by atoms with Crippen molar-refractivity contribution >= 4 is 13.5 Å². The van der Waals surface area contributed by atoms with Gasteiger partial charge in [-0.15, -0.1) is 0 Å². The van der Waals surface area contributed by atoms with Crippen molar-refractivity contribution < 1.29 is 27.6 Å². The molecular weight excluding hydrogens is 391 g/mol. The van der Waals surface area contributed by atoms with Gasteiger partial charge in [-0.2, -0.15) is 0 Å². The van der Waals surface area contributed by atoms with E-state index in [1.807, 2.05) is 0 Å². The summed E-state index contributed by atoms with van der Waals surface area (Å²) in [6, 6.07) is 0. The second-order valence-corrected chi connectivity index (χ2v) is 10.8. The Morgan fingerprint density at radius 2 is 1.55 bits per heavy atom. The van der Waals surface area contributed by atoms with Gasteiger partial charge < -0.3 is 0 Å². The van der Waals surface area contributed by atoms with Gasteiger partial charge in [0, 0.05) is 0 Å². The Balaban J connectivity index is 2.59. The summed E-state index contributed by atoms with van der Waals surface area (Å²) >= 11 is 0. The predicted octanol–water partition coefficient (Wildman–Crippen LogP) is 6.81. The van der Waals surface area contributed by atoms with E-state index in [4.69, 9.17) is 18.1 Å². The molecule has 0 aromatic heterocycles. The van der Waals surface area contributed by atoms with Crippen LogP contribution in [0.3, 0.4) is 0 Å². The molecule has 1 heterocycles. The first-order chi connectivity index (χ1) is 14.0. The number of unbranched alkanes of at least 4 members (excludes halogenated alkanes) is 8. The number of hydrogen-bond donors (Lipinski definition) is 0. The zero-order chi connectivity index (χ0) is 21.6. The summed E-state index contributed by atoms with van der Waals surface area (Å²) in [6.07, 6.45) is 16.4. The summed E-state index contributed by atoms with van der Waals surface area (Å²) in [5.74, 6) is 0.761. The van der Waals surface area contributed by atoms with Crippen molar-refractivity contribution in [2.24, 2.45) is 0 Å². The van der Waals surface area contributed by atoms with Crippen LogP contribution < -0.4 is 0 Å². The van der Waals surface area contributed by atoms with E-state index < -0.39 is 7.51 Å². The molecule has 0 saturated heterocycles. The van der Waals surface area contributed by atoms with Crippen molar-refractivity contribution in [3.05, 3.63) is 23.2 Å². The van der Waals surface area contributed by atoms with Crippen LogP contribution in [-0.4, -0.2) is 34.4 Å². The minimum atomic E-state index is -3.73. The normalized spacial score (nSPS) is 20.0. The summed E-state index contributed by atoms with van der Waals surface area (Å²) in [7, 11) is 2.47. The molecule has 7 heteroatoms. The van der Waals surface area contributed by atoms with E-state index in [2.05, 4.69) is 23.8 Å². The molecule has 170 valence electrons. The van der Waals surface area contributed by atoms with Crippen LogP contribution >= 0.6 is 7.51 Å². The van der Waals surface area contributed by atoms with Crippen LogP contribution in [0.5, 0.6) is 0 Å². The van der Waals surface area contributed by atoms with Crippen molar-refractivity contribution in [1.82, 2.24) is 0 Å². The van der Waals surface area contributed by atoms with E-state index in [1.54, 1.807) is 21.3 Å². The van der Waals surface area contributed by atoms with Crippen LogP contribution in [0.25, 0.3) is 0 Å². The van der Waals surface area contributed by atoms with Crippen molar-refractivity contribution in [1.29, 1.82) is 0 Å². The number of rotatable bonds is 16. The molecule has 0 N–H and O–H groups in total. The topological polar surface area (TPSA) is 63.2 Å². The van der Waals surface area contributed by atoms with E-state index in [1.165, 1.54) is 26.4 Å². The van der Waals surface area contributed by atoms with Gasteiger partial charge in [0.1, 0.15) is 0 Å². The third-order valence-electron chi connectivity index (χ3n) is 5.39. The van der Waals surface area contributed by atoms with Gasteiger partial charge in [-0.05, 0) is 0 Å². The Kier molecular flexibility index (Phi) is 12.0. The van der Waals surface area contributed by atoms with Gasteiger partial charge in [-0.1, -0.05) is 0 Å². The molecule has 6 nitrogen and oxygen atoms in total. The number of methoxy groups -OCH3 is 1. The van der Waals surface area contributed by atoms with E-state index >= 15 is 0 Å². The van der Waals surface area contributed by atoms with Gasteiger partial charge in [0.05, 0.1) is 0 Å². The van der Waals surface area contributed by atoms with Crippen LogP contribution in [0.4, 0.5) is 0 Å². The molecular formula is C22H41O6P. The summed E-state index contributed by atoms with van der Waals surface area (Å²) in [5.41, 5.74) is 0. The molecule has 0 aromatic rings. The van der Waals surface area contributed by atoms with E-state index in [0.29, 0.717) is 6.42 Å². The SMILES string of the molecule is CCCCCCC1=C/C(=C\CCCCCCCC(=O)OC)P(OC)(OC)(OC)O1. The molecule has 0 amide bonds. The van der Waals surface area contributed by atoms with Gasteiger partial charge in [-0.3, -0.25) is 0 Å². The summed E-state index contributed by atoms with van der Waals surface area (Å²) in [4.78, 5) is 11.1. The number of ether oxygens (including phenoxy) is 1. The van der Waals surface area contributed by atoms with Gasteiger partial charge in [0.25, 0.3) is 0 Å². The monoisotopic (exact) mass is 432 g/mol. The number of allylic oxidation sites excluding steroid dienone is 4. The Bertz CT molecular complexity index is 542. The molecule has 1 aliphatic heterocycles. The molecule has 0 spiro atoms. The third kappa shape index (κ3) is 7.36. The molecule has 0 saturated carbocycles. The average Bonchev–Trinajstić information content (AvgIpc) is 3.08. The average molecular weight is 433 g/mol. The van der Waals surface area contributed by atoms with Crippen molar-refractivity contribution in [2.75, 3.05) is 28.4 Å². The van der Waals surface area contributed by atoms with Crippen LogP contribution in [0.15, 0.2) is 23.2 Å². The standard InChI is InChI=1S/C22H41O6P/c1-6-7-8-13-16-20-19-21(29(25-3,26-4,27-5)28-20)17-14-11-9-10-12-15-18-22(23)24-2/h17,19H,6-16,18H2,1-5H3/b21-17+. The van der Waals surface area contributed by atoms with Crippen LogP contribution in [0, 0.1) is 0 Å². The summed E-state index contributed by atoms with van der Waals surface area (Å²) in [6.45, 7) is 2.21. The van der Waals surface area contributed by atoms with E-state index in [-0.39, 0.29) is 5.97 Å². The first-order valence-corrected chi connectivity index (χ1v) is 12.8. The minimum absolute atomic E-state index is 0.127. The predicted molar refractivity (Wildman–Crippen MR) is 118 cm³/mol. The number of hydrogen-bond acceptors (Lipinski definition) is 6. The maximum absolute atomic E-state index is 11.1. The Morgan fingerprint density at radius 3 is 2.17 bits per heavy atom. The second-order valence-electron chi connectivity index (χ2n) is 7.38. The summed E-state index contributed by atoms with van der Waals surface area (Å²) in [5, 5.41) is 0.889. The van der Waals surface area contributed by atoms with Gasteiger partial charge in [0.15, 0.2) is 0 Å². The van der Waals surface area contributed by atoms with Gasteiger partial charge >= 0.3 is 177 Å². The molecule has 0 aromatic carbocycles. The van der Waals surface area contributed by atoms with Crippen LogP contribution in [-0.2, 0) is 27.6 Å². The zero-order valence-electron chi connectivity index (χ0n) is 19.0. The van der Waals surface area contributed by atoms with Crippen molar-refractivity contribution in [2.45, 2.75) is 84.0 Å². The molecule has 0 radical (unpaired) electrons. The zero-order valence-corrected chi connectivity index (χ0v) is 19.9. The summed E-state index contributed by atoms with van der Waals surface area (Å²) < 4.78 is 28.3. The molecule has 0 unspecified atom stereocenters. The first-order valence-electron chi connectivity index (χ1n) is 10.9. The maximum atomic E-state index is 11.1. The quantitative estimate of drug-likeness (QED) is 0.152. The molecule has 1 rings (SSSR count). The Labute approximate surface area is 177 Å². The third-order valence-corrected chi connectivity index (χ3v) is 8.99. The van der Waals surface area contributed by atoms with Crippen LogP contribution in [0.1, 0.15) is 84.0 Å². The van der Waals surface area contributed by atoms with E-state index in [0.717, 1.165) is 62.4 Å². The van der Waals surface area contributed by atoms with Crippen LogP contribution in [0.2, 0.25) is 0 Å². The first kappa shape index (κ1) is 26.1. The van der Waals surface area contributed by atoms with E-state index in [9.17, 15) is 4.79 Å². The molecule has 0 atom stereocenters. The van der Waals surface area contributed by atoms with Gasteiger partial charge in [0.2, 0.25) is 0 Å². The number of carbonyl (C=O) groups is 1. The molecule has 1 aliphatic rings. The fourth-order valence-electron chi connectivity index (χ4n) is 3.55. The molecule has 0 bridgehead atoms. The van der Waals surface area contributed by atoms with Gasteiger partial charge in [-0.25, -0.2) is 0 Å². The van der Waals surface area contributed by atoms with Crippen molar-refractivity contribution in [3.8, 4) is 0 Å². The molecule has 0 aliphatic carbocycles. The molecule has 29 heavy (non-hydrogen) atoms. The molecule has 0 fully saturated rings. The number of esters is 1. The van der Waals surface area contributed by atoms with Crippen molar-refractivity contribution in [3.63, 3.8) is 0 Å². The fourth-order valence-corrected chi connectivity index (χ4v) is 6.29. The Hall–Kier alpha value is -0.940. The second kappa shape index (κ2) is 13.4. The Morgan fingerprint density at radius 1 is 0.931 bits per heavy atom.